The number of carbonyl (C=O) groups is 1. The Morgan fingerprint density at radius 1 is 1.31 bits per heavy atom. The zero-order valence-corrected chi connectivity index (χ0v) is 15.2. The standard InChI is InChI=1S/C20H17FN2O2S/c1-4-12-23-18-16(21)6-5-7-17(18)26-20(23)22-19(24)14-8-10-15(11-9-14)25-13(2)3/h1,5-11,13H,12H2,2-3H3. The maximum Gasteiger partial charge on any atom is 0.279 e. The molecule has 3 rings (SSSR count). The van der Waals surface area contributed by atoms with Gasteiger partial charge in [0.25, 0.3) is 5.91 Å². The number of carbonyl (C=O) groups excluding carboxylic acids is 1. The zero-order chi connectivity index (χ0) is 18.7. The lowest BCUT2D eigenvalue weighted by Crippen LogP contribution is -2.17. The van der Waals surface area contributed by atoms with Crippen molar-refractivity contribution in [3.63, 3.8) is 0 Å². The second kappa shape index (κ2) is 7.54. The molecule has 0 aliphatic rings. The van der Waals surface area contributed by atoms with Crippen LogP contribution in [0.2, 0.25) is 0 Å². The van der Waals surface area contributed by atoms with E-state index in [1.165, 1.54) is 17.4 Å². The highest BCUT2D eigenvalue weighted by Crippen LogP contribution is 2.20. The lowest BCUT2D eigenvalue weighted by molar-refractivity contribution is 0.0998. The number of thiazole rings is 1. The Bertz CT molecular complexity index is 1060. The highest BCUT2D eigenvalue weighted by atomic mass is 32.1. The third-order valence-corrected chi connectivity index (χ3v) is 4.62. The monoisotopic (exact) mass is 368 g/mol. The number of benzene rings is 2. The molecule has 0 spiro atoms. The Kier molecular flexibility index (Phi) is 5.19. The number of rotatable bonds is 4. The number of aromatic nitrogens is 1. The summed E-state index contributed by atoms with van der Waals surface area (Å²) < 4.78 is 22.0. The number of ether oxygens (including phenoxy) is 1. The number of terminal acetylenes is 1. The van der Waals surface area contributed by atoms with Crippen LogP contribution in [0.1, 0.15) is 24.2 Å². The van der Waals surface area contributed by atoms with Crippen LogP contribution in [-0.4, -0.2) is 16.6 Å². The lowest BCUT2D eigenvalue weighted by Gasteiger charge is -2.09. The van der Waals surface area contributed by atoms with Crippen molar-refractivity contribution < 1.29 is 13.9 Å². The van der Waals surface area contributed by atoms with E-state index in [0.29, 0.717) is 26.3 Å². The van der Waals surface area contributed by atoms with Crippen molar-refractivity contribution in [1.29, 1.82) is 0 Å². The van der Waals surface area contributed by atoms with Gasteiger partial charge in [-0.25, -0.2) is 4.39 Å². The largest absolute Gasteiger partial charge is 0.491 e. The first-order valence-electron chi connectivity index (χ1n) is 8.06. The van der Waals surface area contributed by atoms with E-state index in [2.05, 4.69) is 10.9 Å². The minimum atomic E-state index is -0.418. The third-order valence-electron chi connectivity index (χ3n) is 3.57. The van der Waals surface area contributed by atoms with Gasteiger partial charge in [-0.05, 0) is 50.2 Å². The van der Waals surface area contributed by atoms with Crippen molar-refractivity contribution in [3.8, 4) is 18.1 Å². The average molecular weight is 368 g/mol. The predicted molar refractivity (Wildman–Crippen MR) is 101 cm³/mol. The normalized spacial score (nSPS) is 11.7. The number of fused-ring (bicyclic) bond motifs is 1. The predicted octanol–water partition coefficient (Wildman–Crippen LogP) is 4.00. The minimum Gasteiger partial charge on any atom is -0.491 e. The van der Waals surface area contributed by atoms with Crippen molar-refractivity contribution in [2.24, 2.45) is 4.99 Å². The van der Waals surface area contributed by atoms with Gasteiger partial charge < -0.3 is 9.30 Å². The van der Waals surface area contributed by atoms with Crippen molar-refractivity contribution >= 4 is 27.5 Å². The van der Waals surface area contributed by atoms with E-state index >= 15 is 0 Å². The van der Waals surface area contributed by atoms with Gasteiger partial charge in [0.15, 0.2) is 4.80 Å². The van der Waals surface area contributed by atoms with Crippen LogP contribution < -0.4 is 9.54 Å². The summed E-state index contributed by atoms with van der Waals surface area (Å²) in [5.41, 5.74) is 0.786. The fraction of sp³-hybridized carbons (Fsp3) is 0.200. The smallest absolute Gasteiger partial charge is 0.279 e. The summed E-state index contributed by atoms with van der Waals surface area (Å²) in [6.45, 7) is 3.99. The Morgan fingerprint density at radius 3 is 2.69 bits per heavy atom. The van der Waals surface area contributed by atoms with Gasteiger partial charge in [-0.3, -0.25) is 4.79 Å². The number of nitrogens with zero attached hydrogens (tertiary/aromatic N) is 2. The van der Waals surface area contributed by atoms with Crippen molar-refractivity contribution in [3.05, 3.63) is 58.6 Å². The van der Waals surface area contributed by atoms with E-state index < -0.39 is 11.7 Å². The topological polar surface area (TPSA) is 43.6 Å². The van der Waals surface area contributed by atoms with Crippen molar-refractivity contribution in [2.45, 2.75) is 26.5 Å². The summed E-state index contributed by atoms with van der Waals surface area (Å²) in [6.07, 6.45) is 5.45. The highest BCUT2D eigenvalue weighted by molar-refractivity contribution is 7.16. The number of para-hydroxylation sites is 1. The van der Waals surface area contributed by atoms with E-state index in [4.69, 9.17) is 11.2 Å². The van der Waals surface area contributed by atoms with Gasteiger partial charge in [-0.1, -0.05) is 23.3 Å². The van der Waals surface area contributed by atoms with E-state index in [-0.39, 0.29) is 12.6 Å². The van der Waals surface area contributed by atoms with Crippen LogP contribution in [0.3, 0.4) is 0 Å². The molecule has 0 radical (unpaired) electrons. The molecular weight excluding hydrogens is 351 g/mol. The van der Waals surface area contributed by atoms with Gasteiger partial charge in [0.2, 0.25) is 0 Å². The number of hydrogen-bond acceptors (Lipinski definition) is 3. The van der Waals surface area contributed by atoms with E-state index in [1.807, 2.05) is 13.8 Å². The molecule has 0 aliphatic carbocycles. The second-order valence-electron chi connectivity index (χ2n) is 5.87. The first kappa shape index (κ1) is 17.9. The molecule has 1 heterocycles. The summed E-state index contributed by atoms with van der Waals surface area (Å²) in [6, 6.07) is 11.5. The summed E-state index contributed by atoms with van der Waals surface area (Å²) in [5, 5.41) is 0. The van der Waals surface area contributed by atoms with Gasteiger partial charge in [0, 0.05) is 5.56 Å². The molecule has 0 saturated heterocycles. The fourth-order valence-corrected chi connectivity index (χ4v) is 3.55. The van der Waals surface area contributed by atoms with Crippen LogP contribution in [0.5, 0.6) is 5.75 Å². The maximum atomic E-state index is 14.2. The van der Waals surface area contributed by atoms with Crippen LogP contribution in [0.25, 0.3) is 10.2 Å². The molecule has 3 aromatic rings. The summed E-state index contributed by atoms with van der Waals surface area (Å²) in [7, 11) is 0. The Hall–Kier alpha value is -2.91. The Labute approximate surface area is 154 Å². The van der Waals surface area contributed by atoms with Gasteiger partial charge in [0.05, 0.1) is 22.9 Å². The summed E-state index contributed by atoms with van der Waals surface area (Å²) in [4.78, 5) is 17.0. The third kappa shape index (κ3) is 3.68. The molecule has 0 N–H and O–H groups in total. The van der Waals surface area contributed by atoms with Gasteiger partial charge in [-0.15, -0.1) is 6.42 Å². The van der Waals surface area contributed by atoms with Gasteiger partial charge in [-0.2, -0.15) is 4.99 Å². The molecule has 0 saturated carbocycles. The van der Waals surface area contributed by atoms with Crippen LogP contribution >= 0.6 is 11.3 Å². The minimum absolute atomic E-state index is 0.0532. The summed E-state index contributed by atoms with van der Waals surface area (Å²) >= 11 is 1.23. The van der Waals surface area contributed by atoms with Crippen molar-refractivity contribution in [2.75, 3.05) is 0 Å². The van der Waals surface area contributed by atoms with Gasteiger partial charge >= 0.3 is 0 Å². The zero-order valence-electron chi connectivity index (χ0n) is 14.4. The first-order chi connectivity index (χ1) is 12.5. The fourth-order valence-electron chi connectivity index (χ4n) is 2.51. The lowest BCUT2D eigenvalue weighted by atomic mass is 10.2. The molecule has 1 aromatic heterocycles. The molecule has 0 unspecified atom stereocenters. The van der Waals surface area contributed by atoms with E-state index in [9.17, 15) is 9.18 Å². The summed E-state index contributed by atoms with van der Waals surface area (Å²) in [5.74, 6) is 2.36. The quantitative estimate of drug-likeness (QED) is 0.653. The molecule has 1 amide bonds. The second-order valence-corrected chi connectivity index (χ2v) is 6.88. The van der Waals surface area contributed by atoms with E-state index in [0.717, 1.165) is 0 Å². The van der Waals surface area contributed by atoms with Crippen LogP contribution in [-0.2, 0) is 6.54 Å². The van der Waals surface area contributed by atoms with Gasteiger partial charge in [0.1, 0.15) is 11.6 Å². The molecular formula is C20H17FN2O2S. The average Bonchev–Trinajstić information content (AvgIpc) is 2.94. The highest BCUT2D eigenvalue weighted by Gasteiger charge is 2.12. The van der Waals surface area contributed by atoms with Crippen LogP contribution in [0.4, 0.5) is 4.39 Å². The molecule has 4 nitrogen and oxygen atoms in total. The Morgan fingerprint density at radius 2 is 2.04 bits per heavy atom. The number of amides is 1. The molecule has 26 heavy (non-hydrogen) atoms. The molecule has 6 heteroatoms. The first-order valence-corrected chi connectivity index (χ1v) is 8.88. The van der Waals surface area contributed by atoms with E-state index in [1.54, 1.807) is 41.0 Å². The number of hydrogen-bond donors (Lipinski definition) is 0. The molecule has 0 atom stereocenters. The number of halogens is 1. The van der Waals surface area contributed by atoms with Crippen LogP contribution in [0, 0.1) is 18.2 Å². The molecule has 132 valence electrons. The molecule has 0 bridgehead atoms. The molecule has 2 aromatic carbocycles. The Balaban J connectivity index is 2.01. The maximum absolute atomic E-state index is 14.2. The van der Waals surface area contributed by atoms with Crippen molar-refractivity contribution in [1.82, 2.24) is 4.57 Å². The molecule has 0 aliphatic heterocycles. The molecule has 0 fully saturated rings. The van der Waals surface area contributed by atoms with Crippen LogP contribution in [0.15, 0.2) is 47.5 Å². The SMILES string of the molecule is C#CCn1c(=NC(=O)c2ccc(OC(C)C)cc2)sc2cccc(F)c21.